The number of halogens is 2. The van der Waals surface area contributed by atoms with Crippen molar-refractivity contribution >= 4 is 17.5 Å². The fourth-order valence-electron chi connectivity index (χ4n) is 3.24. The molecule has 4 nitrogen and oxygen atoms in total. The zero-order chi connectivity index (χ0) is 17.1. The molecule has 2 aromatic rings. The molecule has 0 bridgehead atoms. The maximum absolute atomic E-state index is 13.2. The van der Waals surface area contributed by atoms with Crippen molar-refractivity contribution in [1.29, 1.82) is 0 Å². The number of rotatable bonds is 4. The largest absolute Gasteiger partial charge is 0.384 e. The van der Waals surface area contributed by atoms with Crippen molar-refractivity contribution in [3.8, 4) is 0 Å². The quantitative estimate of drug-likeness (QED) is 0.850. The van der Waals surface area contributed by atoms with Crippen molar-refractivity contribution in [2.45, 2.75) is 5.92 Å². The number of carbonyl (C=O) groups is 1. The van der Waals surface area contributed by atoms with Gasteiger partial charge in [-0.05, 0) is 35.9 Å². The highest BCUT2D eigenvalue weighted by molar-refractivity contribution is 6.33. The summed E-state index contributed by atoms with van der Waals surface area (Å²) < 4.78 is 18.5. The van der Waals surface area contributed by atoms with Crippen LogP contribution in [0.1, 0.15) is 21.8 Å². The van der Waals surface area contributed by atoms with Gasteiger partial charge in [-0.2, -0.15) is 0 Å². The Morgan fingerprint density at radius 3 is 2.75 bits per heavy atom. The molecule has 1 aromatic carbocycles. The normalized spacial score (nSPS) is 20.4. The predicted octanol–water partition coefficient (Wildman–Crippen LogP) is 3.38. The van der Waals surface area contributed by atoms with Crippen LogP contribution >= 0.6 is 11.6 Å². The molecule has 2 atom stereocenters. The molecule has 1 aromatic heterocycles. The molecule has 24 heavy (non-hydrogen) atoms. The van der Waals surface area contributed by atoms with E-state index >= 15 is 0 Å². The number of benzene rings is 1. The van der Waals surface area contributed by atoms with Gasteiger partial charge in [0, 0.05) is 44.4 Å². The summed E-state index contributed by atoms with van der Waals surface area (Å²) in [4.78, 5) is 18.6. The van der Waals surface area contributed by atoms with Gasteiger partial charge in [-0.15, -0.1) is 0 Å². The summed E-state index contributed by atoms with van der Waals surface area (Å²) in [5.41, 5.74) is 1.46. The Balaban J connectivity index is 1.83. The smallest absolute Gasteiger partial charge is 0.255 e. The van der Waals surface area contributed by atoms with Gasteiger partial charge < -0.3 is 9.64 Å². The van der Waals surface area contributed by atoms with E-state index in [2.05, 4.69) is 4.98 Å². The minimum absolute atomic E-state index is 0.135. The lowest BCUT2D eigenvalue weighted by Crippen LogP contribution is -2.29. The zero-order valence-electron chi connectivity index (χ0n) is 13.3. The first-order chi connectivity index (χ1) is 11.6. The van der Waals surface area contributed by atoms with E-state index in [9.17, 15) is 9.18 Å². The Labute approximate surface area is 145 Å². The van der Waals surface area contributed by atoms with E-state index in [1.165, 1.54) is 12.1 Å². The van der Waals surface area contributed by atoms with Gasteiger partial charge in [0.25, 0.3) is 5.91 Å². The topological polar surface area (TPSA) is 42.4 Å². The van der Waals surface area contributed by atoms with Crippen molar-refractivity contribution in [3.63, 3.8) is 0 Å². The maximum Gasteiger partial charge on any atom is 0.255 e. The van der Waals surface area contributed by atoms with Crippen LogP contribution in [0.2, 0.25) is 5.02 Å². The Kier molecular flexibility index (Phi) is 5.11. The number of hydrogen-bond acceptors (Lipinski definition) is 3. The molecule has 1 aliphatic heterocycles. The van der Waals surface area contributed by atoms with Crippen LogP contribution in [0.3, 0.4) is 0 Å². The van der Waals surface area contributed by atoms with Gasteiger partial charge >= 0.3 is 0 Å². The average Bonchev–Trinajstić information content (AvgIpc) is 2.99. The lowest BCUT2D eigenvalue weighted by atomic mass is 9.90. The van der Waals surface area contributed by atoms with Crippen molar-refractivity contribution in [1.82, 2.24) is 9.88 Å². The van der Waals surface area contributed by atoms with Crippen molar-refractivity contribution in [3.05, 3.63) is 64.7 Å². The number of nitrogens with zero attached hydrogens (tertiary/aromatic N) is 2. The third kappa shape index (κ3) is 3.42. The van der Waals surface area contributed by atoms with E-state index in [4.69, 9.17) is 16.3 Å². The number of hydrogen-bond donors (Lipinski definition) is 0. The molecule has 1 aliphatic rings. The molecule has 0 N–H and O–H groups in total. The Morgan fingerprint density at radius 2 is 2.08 bits per heavy atom. The van der Waals surface area contributed by atoms with Crippen molar-refractivity contribution < 1.29 is 13.9 Å². The monoisotopic (exact) mass is 348 g/mol. The molecule has 1 fully saturated rings. The first-order valence-electron chi connectivity index (χ1n) is 7.73. The van der Waals surface area contributed by atoms with Gasteiger partial charge in [0.1, 0.15) is 5.82 Å². The van der Waals surface area contributed by atoms with Crippen LogP contribution in [0.15, 0.2) is 42.7 Å². The highest BCUT2D eigenvalue weighted by atomic mass is 35.5. The van der Waals surface area contributed by atoms with E-state index in [0.717, 1.165) is 11.6 Å². The second kappa shape index (κ2) is 7.28. The van der Waals surface area contributed by atoms with Gasteiger partial charge in [0.15, 0.2) is 0 Å². The lowest BCUT2D eigenvalue weighted by molar-refractivity contribution is 0.0775. The molecule has 0 spiro atoms. The summed E-state index contributed by atoms with van der Waals surface area (Å²) in [6.45, 7) is 1.71. The maximum atomic E-state index is 13.2. The van der Waals surface area contributed by atoms with Crippen molar-refractivity contribution in [2.75, 3.05) is 26.8 Å². The van der Waals surface area contributed by atoms with Crippen LogP contribution in [0.4, 0.5) is 4.39 Å². The molecule has 2 heterocycles. The minimum atomic E-state index is -0.454. The van der Waals surface area contributed by atoms with Crippen LogP contribution < -0.4 is 0 Å². The zero-order valence-corrected chi connectivity index (χ0v) is 14.0. The van der Waals surface area contributed by atoms with E-state index < -0.39 is 5.82 Å². The summed E-state index contributed by atoms with van der Waals surface area (Å²) in [6, 6.07) is 7.78. The van der Waals surface area contributed by atoms with Crippen LogP contribution in [0.25, 0.3) is 0 Å². The van der Waals surface area contributed by atoms with E-state index in [1.54, 1.807) is 24.4 Å². The third-order valence-corrected chi connectivity index (χ3v) is 4.72. The summed E-state index contributed by atoms with van der Waals surface area (Å²) >= 11 is 6.03. The molecule has 3 rings (SSSR count). The number of carbonyl (C=O) groups excluding carboxylic acids is 1. The van der Waals surface area contributed by atoms with E-state index in [0.29, 0.717) is 25.3 Å². The number of aromatic nitrogens is 1. The van der Waals surface area contributed by atoms with Gasteiger partial charge in [0.05, 0.1) is 17.2 Å². The second-order valence-corrected chi connectivity index (χ2v) is 6.34. The fraction of sp³-hybridized carbons (Fsp3) is 0.333. The number of likely N-dealkylation sites (tertiary alicyclic amines) is 1. The lowest BCUT2D eigenvalue weighted by Gasteiger charge is -2.17. The molecule has 0 unspecified atom stereocenters. The molecule has 0 aliphatic carbocycles. The van der Waals surface area contributed by atoms with E-state index in [-0.39, 0.29) is 22.8 Å². The summed E-state index contributed by atoms with van der Waals surface area (Å²) in [6.07, 6.45) is 3.50. The summed E-state index contributed by atoms with van der Waals surface area (Å²) in [5.74, 6) is -0.265. The Bertz CT molecular complexity index is 726. The van der Waals surface area contributed by atoms with Crippen molar-refractivity contribution in [2.24, 2.45) is 5.92 Å². The average molecular weight is 349 g/mol. The SMILES string of the molecule is COC[C@@H]1CN(C(=O)c2ccc(F)cc2Cl)C[C@H]1c1ccncc1. The van der Waals surface area contributed by atoms with Crippen LogP contribution in [-0.4, -0.2) is 42.6 Å². The highest BCUT2D eigenvalue weighted by Gasteiger charge is 2.36. The molecule has 6 heteroatoms. The number of methoxy groups -OCH3 is 1. The van der Waals surface area contributed by atoms with Gasteiger partial charge in [-0.1, -0.05) is 11.6 Å². The highest BCUT2D eigenvalue weighted by Crippen LogP contribution is 2.34. The van der Waals surface area contributed by atoms with Crippen LogP contribution in [0, 0.1) is 11.7 Å². The summed E-state index contributed by atoms with van der Waals surface area (Å²) in [5, 5.41) is 0.135. The number of amides is 1. The standard InChI is InChI=1S/C18H18ClFN2O2/c1-24-11-13-9-22(10-16(13)12-4-6-21-7-5-12)18(23)15-3-2-14(20)8-17(15)19/h2-8,13,16H,9-11H2,1H3/t13-,16-/m0/s1. The van der Waals surface area contributed by atoms with Crippen LogP contribution in [-0.2, 0) is 4.74 Å². The number of ether oxygens (including phenoxy) is 1. The Morgan fingerprint density at radius 1 is 1.33 bits per heavy atom. The third-order valence-electron chi connectivity index (χ3n) is 4.40. The van der Waals surface area contributed by atoms with E-state index in [1.807, 2.05) is 12.1 Å². The molecule has 1 amide bonds. The number of pyridine rings is 1. The molecule has 0 radical (unpaired) electrons. The molecule has 126 valence electrons. The van der Waals surface area contributed by atoms with Gasteiger partial charge in [0.2, 0.25) is 0 Å². The summed E-state index contributed by atoms with van der Waals surface area (Å²) in [7, 11) is 1.66. The first-order valence-corrected chi connectivity index (χ1v) is 8.11. The second-order valence-electron chi connectivity index (χ2n) is 5.94. The molecule has 1 saturated heterocycles. The molecular formula is C18H18ClFN2O2. The molecular weight excluding hydrogens is 331 g/mol. The fourth-order valence-corrected chi connectivity index (χ4v) is 3.49. The van der Waals surface area contributed by atoms with Gasteiger partial charge in [-0.25, -0.2) is 4.39 Å². The predicted molar refractivity (Wildman–Crippen MR) is 89.7 cm³/mol. The first kappa shape index (κ1) is 16.9. The van der Waals surface area contributed by atoms with Crippen LogP contribution in [0.5, 0.6) is 0 Å². The Hall–Kier alpha value is -1.98. The van der Waals surface area contributed by atoms with Gasteiger partial charge in [-0.3, -0.25) is 9.78 Å². The minimum Gasteiger partial charge on any atom is -0.384 e. The molecule has 0 saturated carbocycles.